The molecule has 3 N–H and O–H groups in total. The summed E-state index contributed by atoms with van der Waals surface area (Å²) in [4.78, 5) is 37.2. The molecule has 0 aromatic carbocycles. The summed E-state index contributed by atoms with van der Waals surface area (Å²) >= 11 is 0. The van der Waals surface area contributed by atoms with Crippen LogP contribution in [0.2, 0.25) is 0 Å². The molecule has 2 aliphatic rings. The molecular formula is C13H15N3O4. The number of nitrogens with two attached hydrogens (primary N) is 1. The zero-order valence-electron chi connectivity index (χ0n) is 10.8. The maximum atomic E-state index is 12.2. The molecule has 3 rings (SSSR count). The molecule has 1 saturated carbocycles. The lowest BCUT2D eigenvalue weighted by Gasteiger charge is -2.15. The molecule has 2 fully saturated rings. The fraction of sp³-hybridized carbons (Fsp3) is 0.462. The third-order valence-electron chi connectivity index (χ3n) is 4.09. The number of furan rings is 1. The van der Waals surface area contributed by atoms with Gasteiger partial charge in [0.25, 0.3) is 0 Å². The van der Waals surface area contributed by atoms with Gasteiger partial charge in [-0.25, -0.2) is 5.84 Å². The number of amides is 3. The summed E-state index contributed by atoms with van der Waals surface area (Å²) in [5.41, 5.74) is 2.46. The van der Waals surface area contributed by atoms with Crippen molar-refractivity contribution in [2.45, 2.75) is 25.8 Å². The Bertz CT molecular complexity index is 558. The summed E-state index contributed by atoms with van der Waals surface area (Å²) in [6, 6.07) is 1.57. The van der Waals surface area contributed by atoms with Crippen LogP contribution in [0.4, 0.5) is 0 Å². The third-order valence-corrected chi connectivity index (χ3v) is 4.09. The number of rotatable bonds is 3. The van der Waals surface area contributed by atoms with E-state index in [1.165, 1.54) is 11.2 Å². The van der Waals surface area contributed by atoms with Gasteiger partial charge in [0.1, 0.15) is 0 Å². The highest BCUT2D eigenvalue weighted by atomic mass is 16.3. The number of carbonyl (C=O) groups excluding carboxylic acids is 3. The van der Waals surface area contributed by atoms with Gasteiger partial charge in [0, 0.05) is 5.56 Å². The normalized spacial score (nSPS) is 25.1. The maximum absolute atomic E-state index is 12.2. The first-order valence-corrected chi connectivity index (χ1v) is 6.56. The SMILES string of the molecule is NNC(=O)c1occc1CN1C(=O)C2CCCC2C1=O. The molecule has 1 saturated heterocycles. The summed E-state index contributed by atoms with van der Waals surface area (Å²) in [6.45, 7) is 0.0594. The quantitative estimate of drug-likeness (QED) is 0.354. The number of hydrogen-bond donors (Lipinski definition) is 2. The molecule has 20 heavy (non-hydrogen) atoms. The largest absolute Gasteiger partial charge is 0.459 e. The van der Waals surface area contributed by atoms with E-state index in [4.69, 9.17) is 10.3 Å². The molecule has 0 bridgehead atoms. The second kappa shape index (κ2) is 4.75. The highest BCUT2D eigenvalue weighted by Crippen LogP contribution is 2.40. The van der Waals surface area contributed by atoms with Crippen molar-refractivity contribution >= 4 is 17.7 Å². The minimum Gasteiger partial charge on any atom is -0.459 e. The first kappa shape index (κ1) is 12.9. The molecule has 0 radical (unpaired) electrons. The summed E-state index contributed by atoms with van der Waals surface area (Å²) in [5, 5.41) is 0. The Labute approximate surface area is 115 Å². The van der Waals surface area contributed by atoms with E-state index in [9.17, 15) is 14.4 Å². The Morgan fingerprint density at radius 3 is 2.60 bits per heavy atom. The van der Waals surface area contributed by atoms with Gasteiger partial charge in [-0.2, -0.15) is 0 Å². The summed E-state index contributed by atoms with van der Waals surface area (Å²) in [5.74, 6) is 3.88. The van der Waals surface area contributed by atoms with Gasteiger partial charge in [0.15, 0.2) is 5.76 Å². The van der Waals surface area contributed by atoms with Gasteiger partial charge in [-0.15, -0.1) is 0 Å². The highest BCUT2D eigenvalue weighted by Gasteiger charge is 2.49. The van der Waals surface area contributed by atoms with E-state index in [1.807, 2.05) is 5.43 Å². The van der Waals surface area contributed by atoms with Crippen molar-refractivity contribution in [3.8, 4) is 0 Å². The Hall–Kier alpha value is -2.15. The Balaban J connectivity index is 1.82. The van der Waals surface area contributed by atoms with Gasteiger partial charge in [-0.3, -0.25) is 24.7 Å². The van der Waals surface area contributed by atoms with Crippen molar-refractivity contribution in [2.75, 3.05) is 0 Å². The summed E-state index contributed by atoms with van der Waals surface area (Å²) in [7, 11) is 0. The number of carbonyl (C=O) groups is 3. The number of fused-ring (bicyclic) bond motifs is 1. The zero-order chi connectivity index (χ0) is 14.3. The molecule has 1 aromatic rings. The second-order valence-corrected chi connectivity index (χ2v) is 5.15. The van der Waals surface area contributed by atoms with Crippen LogP contribution in [0.3, 0.4) is 0 Å². The lowest BCUT2D eigenvalue weighted by Crippen LogP contribution is -2.33. The number of hydrazine groups is 1. The Morgan fingerprint density at radius 1 is 1.35 bits per heavy atom. The first-order chi connectivity index (χ1) is 9.63. The van der Waals surface area contributed by atoms with E-state index in [2.05, 4.69) is 0 Å². The predicted molar refractivity (Wildman–Crippen MR) is 66.7 cm³/mol. The standard InChI is InChI=1S/C13H15N3O4/c14-15-11(17)10-7(4-5-20-10)6-16-12(18)8-2-1-3-9(8)13(16)19/h4-5,8-9H,1-3,6,14H2,(H,15,17). The average Bonchev–Trinajstić information content (AvgIpc) is 3.14. The van der Waals surface area contributed by atoms with Crippen LogP contribution >= 0.6 is 0 Å². The van der Waals surface area contributed by atoms with Crippen LogP contribution in [-0.4, -0.2) is 22.6 Å². The van der Waals surface area contributed by atoms with Gasteiger partial charge in [0.05, 0.1) is 24.6 Å². The fourth-order valence-corrected chi connectivity index (χ4v) is 3.11. The van der Waals surface area contributed by atoms with Crippen LogP contribution in [0.15, 0.2) is 16.7 Å². The van der Waals surface area contributed by atoms with Crippen molar-refractivity contribution in [3.63, 3.8) is 0 Å². The average molecular weight is 277 g/mol. The lowest BCUT2D eigenvalue weighted by molar-refractivity contribution is -0.141. The van der Waals surface area contributed by atoms with Crippen molar-refractivity contribution in [2.24, 2.45) is 17.7 Å². The molecule has 2 heterocycles. The predicted octanol–water partition coefficient (Wildman–Crippen LogP) is 0.168. The van der Waals surface area contributed by atoms with Crippen LogP contribution in [0.1, 0.15) is 35.4 Å². The van der Waals surface area contributed by atoms with E-state index in [0.717, 1.165) is 19.3 Å². The number of nitrogens with one attached hydrogen (secondary N) is 1. The first-order valence-electron chi connectivity index (χ1n) is 6.56. The zero-order valence-corrected chi connectivity index (χ0v) is 10.8. The third kappa shape index (κ3) is 1.82. The molecule has 0 spiro atoms. The monoisotopic (exact) mass is 277 g/mol. The van der Waals surface area contributed by atoms with Gasteiger partial charge < -0.3 is 4.42 Å². The minimum atomic E-state index is -0.579. The van der Waals surface area contributed by atoms with Gasteiger partial charge in [0.2, 0.25) is 11.8 Å². The molecule has 7 heteroatoms. The van der Waals surface area contributed by atoms with Gasteiger partial charge in [-0.05, 0) is 18.9 Å². The van der Waals surface area contributed by atoms with E-state index in [0.29, 0.717) is 5.56 Å². The van der Waals surface area contributed by atoms with E-state index in [-0.39, 0.29) is 36.0 Å². The van der Waals surface area contributed by atoms with Crippen molar-refractivity contribution < 1.29 is 18.8 Å². The molecular weight excluding hydrogens is 262 g/mol. The number of imide groups is 1. The van der Waals surface area contributed by atoms with Crippen LogP contribution in [0.5, 0.6) is 0 Å². The minimum absolute atomic E-state index is 0.0326. The van der Waals surface area contributed by atoms with Crippen molar-refractivity contribution in [1.29, 1.82) is 0 Å². The van der Waals surface area contributed by atoms with Crippen LogP contribution in [0, 0.1) is 11.8 Å². The molecule has 1 aliphatic carbocycles. The Morgan fingerprint density at radius 2 is 2.00 bits per heavy atom. The smallest absolute Gasteiger partial charge is 0.301 e. The number of hydrogen-bond acceptors (Lipinski definition) is 5. The van der Waals surface area contributed by atoms with Gasteiger partial charge >= 0.3 is 5.91 Å². The van der Waals surface area contributed by atoms with Crippen molar-refractivity contribution in [3.05, 3.63) is 23.7 Å². The molecule has 2 unspecified atom stereocenters. The fourth-order valence-electron chi connectivity index (χ4n) is 3.11. The highest BCUT2D eigenvalue weighted by molar-refractivity contribution is 6.05. The van der Waals surface area contributed by atoms with Crippen LogP contribution < -0.4 is 11.3 Å². The molecule has 2 atom stereocenters. The lowest BCUT2D eigenvalue weighted by atomic mass is 10.00. The van der Waals surface area contributed by atoms with Crippen LogP contribution in [0.25, 0.3) is 0 Å². The molecule has 1 aliphatic heterocycles. The number of likely N-dealkylation sites (tertiary alicyclic amines) is 1. The van der Waals surface area contributed by atoms with Crippen LogP contribution in [-0.2, 0) is 16.1 Å². The number of nitrogen functional groups attached to an aromatic ring is 1. The molecule has 106 valence electrons. The second-order valence-electron chi connectivity index (χ2n) is 5.15. The Kier molecular flexibility index (Phi) is 3.06. The molecule has 1 aromatic heterocycles. The summed E-state index contributed by atoms with van der Waals surface area (Å²) < 4.78 is 5.05. The topological polar surface area (TPSA) is 106 Å². The van der Waals surface area contributed by atoms with E-state index in [1.54, 1.807) is 6.07 Å². The molecule has 3 amide bonds. The maximum Gasteiger partial charge on any atom is 0.301 e. The van der Waals surface area contributed by atoms with Crippen molar-refractivity contribution in [1.82, 2.24) is 10.3 Å². The van der Waals surface area contributed by atoms with E-state index < -0.39 is 5.91 Å². The van der Waals surface area contributed by atoms with Gasteiger partial charge in [-0.1, -0.05) is 6.42 Å². The number of nitrogens with zero attached hydrogens (tertiary/aromatic N) is 1. The summed E-state index contributed by atoms with van der Waals surface area (Å²) in [6.07, 6.45) is 3.81. The van der Waals surface area contributed by atoms with E-state index >= 15 is 0 Å². The molecule has 7 nitrogen and oxygen atoms in total.